The van der Waals surface area contributed by atoms with Crippen molar-refractivity contribution in [2.24, 2.45) is 7.05 Å². The summed E-state index contributed by atoms with van der Waals surface area (Å²) in [6.07, 6.45) is 3.56. The molecule has 1 N–H and O–H groups in total. The number of aromatic nitrogens is 2. The highest BCUT2D eigenvalue weighted by molar-refractivity contribution is 6.31. The minimum Gasteiger partial charge on any atom is -0.342 e. The zero-order chi connectivity index (χ0) is 14.0. The van der Waals surface area contributed by atoms with Crippen molar-refractivity contribution < 1.29 is 4.79 Å². The molecule has 1 aromatic carbocycles. The summed E-state index contributed by atoms with van der Waals surface area (Å²) < 4.78 is 1.88. The van der Waals surface area contributed by atoms with Gasteiger partial charge in [-0.15, -0.1) is 0 Å². The quantitative estimate of drug-likeness (QED) is 0.938. The van der Waals surface area contributed by atoms with E-state index in [0.29, 0.717) is 10.6 Å². The molecule has 19 heavy (non-hydrogen) atoms. The summed E-state index contributed by atoms with van der Waals surface area (Å²) >= 11 is 6.02. The van der Waals surface area contributed by atoms with E-state index in [0.717, 1.165) is 11.4 Å². The van der Waals surface area contributed by atoms with Crippen LogP contribution in [-0.2, 0) is 7.05 Å². The second-order valence-corrected chi connectivity index (χ2v) is 4.91. The Hall–Kier alpha value is -1.81. The number of carbonyl (C=O) groups is 1. The Labute approximate surface area is 117 Å². The Morgan fingerprint density at radius 1 is 1.47 bits per heavy atom. The van der Waals surface area contributed by atoms with Crippen LogP contribution in [0.2, 0.25) is 5.02 Å². The first-order chi connectivity index (χ1) is 9.00. The van der Waals surface area contributed by atoms with Crippen molar-refractivity contribution in [1.82, 2.24) is 14.9 Å². The molecule has 5 heteroatoms. The molecule has 1 amide bonds. The third-order valence-electron chi connectivity index (χ3n) is 3.11. The van der Waals surface area contributed by atoms with Crippen molar-refractivity contribution in [2.45, 2.75) is 19.9 Å². The van der Waals surface area contributed by atoms with E-state index in [1.807, 2.05) is 31.7 Å². The number of imidazole rings is 1. The zero-order valence-corrected chi connectivity index (χ0v) is 11.9. The molecule has 4 nitrogen and oxygen atoms in total. The highest BCUT2D eigenvalue weighted by atomic mass is 35.5. The maximum atomic E-state index is 12.2. The van der Waals surface area contributed by atoms with Gasteiger partial charge in [-0.25, -0.2) is 4.98 Å². The number of nitrogens with zero attached hydrogens (tertiary/aromatic N) is 2. The van der Waals surface area contributed by atoms with Gasteiger partial charge in [-0.2, -0.15) is 0 Å². The van der Waals surface area contributed by atoms with Gasteiger partial charge >= 0.3 is 0 Å². The van der Waals surface area contributed by atoms with Crippen LogP contribution in [0.1, 0.15) is 34.7 Å². The maximum Gasteiger partial charge on any atom is 0.252 e. The molecule has 2 rings (SSSR count). The SMILES string of the molecule is Cc1c(Cl)cccc1C(=O)NC(C)c1nccn1C. The first-order valence-corrected chi connectivity index (χ1v) is 6.41. The lowest BCUT2D eigenvalue weighted by Gasteiger charge is -2.15. The molecule has 0 radical (unpaired) electrons. The predicted molar refractivity (Wildman–Crippen MR) is 75.3 cm³/mol. The molecule has 0 aliphatic carbocycles. The summed E-state index contributed by atoms with van der Waals surface area (Å²) in [7, 11) is 1.90. The van der Waals surface area contributed by atoms with Crippen LogP contribution in [0, 0.1) is 6.92 Å². The van der Waals surface area contributed by atoms with Crippen LogP contribution in [0.25, 0.3) is 0 Å². The van der Waals surface area contributed by atoms with Gasteiger partial charge in [-0.05, 0) is 31.5 Å². The summed E-state index contributed by atoms with van der Waals surface area (Å²) in [4.78, 5) is 16.5. The number of nitrogens with one attached hydrogen (secondary N) is 1. The summed E-state index contributed by atoms with van der Waals surface area (Å²) in [6.45, 7) is 3.74. The van der Waals surface area contributed by atoms with Crippen LogP contribution in [0.3, 0.4) is 0 Å². The van der Waals surface area contributed by atoms with E-state index in [4.69, 9.17) is 11.6 Å². The smallest absolute Gasteiger partial charge is 0.252 e. The van der Waals surface area contributed by atoms with Crippen molar-refractivity contribution in [1.29, 1.82) is 0 Å². The Balaban J connectivity index is 2.18. The number of hydrogen-bond acceptors (Lipinski definition) is 2. The zero-order valence-electron chi connectivity index (χ0n) is 11.1. The van der Waals surface area contributed by atoms with E-state index < -0.39 is 0 Å². The lowest BCUT2D eigenvalue weighted by Crippen LogP contribution is -2.28. The van der Waals surface area contributed by atoms with Crippen LogP contribution in [0.15, 0.2) is 30.6 Å². The predicted octanol–water partition coefficient (Wildman–Crippen LogP) is 2.87. The molecule has 1 unspecified atom stereocenters. The van der Waals surface area contributed by atoms with Crippen molar-refractivity contribution in [3.63, 3.8) is 0 Å². The molecule has 1 aromatic heterocycles. The molecule has 0 aliphatic rings. The van der Waals surface area contributed by atoms with Crippen LogP contribution < -0.4 is 5.32 Å². The summed E-state index contributed by atoms with van der Waals surface area (Å²) in [5, 5.41) is 3.52. The van der Waals surface area contributed by atoms with Gasteiger partial charge in [0.05, 0.1) is 6.04 Å². The molecule has 0 aliphatic heterocycles. The molecule has 1 heterocycles. The normalized spacial score (nSPS) is 12.2. The standard InChI is InChI=1S/C14H16ClN3O/c1-9-11(5-4-6-12(9)15)14(19)17-10(2)13-16-7-8-18(13)3/h4-8,10H,1-3H3,(H,17,19). The fraction of sp³-hybridized carbons (Fsp3) is 0.286. The molecular weight excluding hydrogens is 262 g/mol. The third kappa shape index (κ3) is 2.79. The van der Waals surface area contributed by atoms with Crippen LogP contribution in [-0.4, -0.2) is 15.5 Å². The number of halogens is 1. The van der Waals surface area contributed by atoms with Crippen LogP contribution in [0.5, 0.6) is 0 Å². The molecule has 0 spiro atoms. The minimum atomic E-state index is -0.161. The number of rotatable bonds is 3. The van der Waals surface area contributed by atoms with Crippen molar-refractivity contribution in [2.75, 3.05) is 0 Å². The number of aryl methyl sites for hydroxylation is 1. The first kappa shape index (κ1) is 13.6. The van der Waals surface area contributed by atoms with E-state index in [9.17, 15) is 4.79 Å². The summed E-state index contributed by atoms with van der Waals surface area (Å²) in [5.41, 5.74) is 1.38. The van der Waals surface area contributed by atoms with Crippen molar-refractivity contribution in [3.8, 4) is 0 Å². The Kier molecular flexibility index (Phi) is 3.90. The molecule has 0 fully saturated rings. The van der Waals surface area contributed by atoms with Gasteiger partial charge in [-0.1, -0.05) is 17.7 Å². The van der Waals surface area contributed by atoms with Gasteiger partial charge < -0.3 is 9.88 Å². The maximum absolute atomic E-state index is 12.2. The molecule has 0 bridgehead atoms. The van der Waals surface area contributed by atoms with Crippen LogP contribution in [0.4, 0.5) is 0 Å². The van der Waals surface area contributed by atoms with Gasteiger partial charge in [0.25, 0.3) is 5.91 Å². The van der Waals surface area contributed by atoms with E-state index in [2.05, 4.69) is 10.3 Å². The highest BCUT2D eigenvalue weighted by Gasteiger charge is 2.16. The molecule has 2 aromatic rings. The second-order valence-electron chi connectivity index (χ2n) is 4.50. The molecule has 0 saturated heterocycles. The lowest BCUT2D eigenvalue weighted by molar-refractivity contribution is 0.0937. The summed E-state index contributed by atoms with van der Waals surface area (Å²) in [6, 6.07) is 5.15. The van der Waals surface area contributed by atoms with Gasteiger partial charge in [0.2, 0.25) is 0 Å². The fourth-order valence-corrected chi connectivity index (χ4v) is 2.16. The number of benzene rings is 1. The number of amides is 1. The monoisotopic (exact) mass is 277 g/mol. The van der Waals surface area contributed by atoms with Gasteiger partial charge in [0, 0.05) is 30.0 Å². The Morgan fingerprint density at radius 2 is 2.21 bits per heavy atom. The molecule has 100 valence electrons. The largest absolute Gasteiger partial charge is 0.342 e. The van der Waals surface area contributed by atoms with Crippen LogP contribution >= 0.6 is 11.6 Å². The Bertz CT molecular complexity index is 606. The average Bonchev–Trinajstić information content (AvgIpc) is 2.79. The first-order valence-electron chi connectivity index (χ1n) is 6.04. The second kappa shape index (κ2) is 5.45. The molecule has 1 atom stereocenters. The van der Waals surface area contributed by atoms with Gasteiger partial charge in [0.1, 0.15) is 5.82 Å². The third-order valence-corrected chi connectivity index (χ3v) is 3.52. The minimum absolute atomic E-state index is 0.143. The summed E-state index contributed by atoms with van der Waals surface area (Å²) in [5.74, 6) is 0.670. The fourth-order valence-electron chi connectivity index (χ4n) is 1.99. The highest BCUT2D eigenvalue weighted by Crippen LogP contribution is 2.19. The van der Waals surface area contributed by atoms with E-state index in [-0.39, 0.29) is 11.9 Å². The number of carbonyl (C=O) groups excluding carboxylic acids is 1. The van der Waals surface area contributed by atoms with Gasteiger partial charge in [-0.3, -0.25) is 4.79 Å². The topological polar surface area (TPSA) is 46.9 Å². The van der Waals surface area contributed by atoms with Crippen molar-refractivity contribution >= 4 is 17.5 Å². The van der Waals surface area contributed by atoms with E-state index >= 15 is 0 Å². The van der Waals surface area contributed by atoms with Crippen molar-refractivity contribution in [3.05, 3.63) is 52.6 Å². The molecular formula is C14H16ClN3O. The lowest BCUT2D eigenvalue weighted by atomic mass is 10.1. The van der Waals surface area contributed by atoms with E-state index in [1.165, 1.54) is 0 Å². The number of hydrogen-bond donors (Lipinski definition) is 1. The average molecular weight is 278 g/mol. The molecule has 0 saturated carbocycles. The van der Waals surface area contributed by atoms with E-state index in [1.54, 1.807) is 24.4 Å². The van der Waals surface area contributed by atoms with Gasteiger partial charge in [0.15, 0.2) is 0 Å². The Morgan fingerprint density at radius 3 is 2.84 bits per heavy atom.